The van der Waals surface area contributed by atoms with Crippen LogP contribution in [0.1, 0.15) is 39.5 Å². The molecule has 0 heterocycles. The number of carboxylic acid groups (broad SMARTS) is 1. The summed E-state index contributed by atoms with van der Waals surface area (Å²) in [6, 6.07) is 0. The largest absolute Gasteiger partial charge is 0.481 e. The van der Waals surface area contributed by atoms with Crippen molar-refractivity contribution in [1.29, 1.82) is 0 Å². The lowest BCUT2D eigenvalue weighted by Crippen LogP contribution is -2.33. The summed E-state index contributed by atoms with van der Waals surface area (Å²) in [5, 5.41) is 8.88. The number of carbonyl (C=O) groups is 2. The Morgan fingerprint density at radius 2 is 2.00 bits per heavy atom. The number of carbonyl (C=O) groups excluding carboxylic acids is 1. The van der Waals surface area contributed by atoms with Crippen molar-refractivity contribution < 1.29 is 19.4 Å². The van der Waals surface area contributed by atoms with Crippen molar-refractivity contribution in [3.8, 4) is 0 Å². The van der Waals surface area contributed by atoms with E-state index in [1.54, 1.807) is 13.8 Å². The third kappa shape index (κ3) is 3.63. The molecular formula is C11H18O4. The summed E-state index contributed by atoms with van der Waals surface area (Å²) in [4.78, 5) is 21.8. The van der Waals surface area contributed by atoms with Crippen LogP contribution in [0, 0.1) is 5.41 Å². The zero-order valence-electron chi connectivity index (χ0n) is 9.28. The van der Waals surface area contributed by atoms with Crippen molar-refractivity contribution in [2.75, 3.05) is 6.61 Å². The Balaban J connectivity index is 2.31. The maximum atomic E-state index is 11.0. The number of carboxylic acids is 1. The van der Waals surface area contributed by atoms with Gasteiger partial charge in [0.25, 0.3) is 0 Å². The predicted octanol–water partition coefficient (Wildman–Crippen LogP) is 1.63. The highest BCUT2D eigenvalue weighted by Crippen LogP contribution is 2.22. The highest BCUT2D eigenvalue weighted by atomic mass is 16.5. The van der Waals surface area contributed by atoms with Gasteiger partial charge in [0.15, 0.2) is 0 Å². The quantitative estimate of drug-likeness (QED) is 0.772. The topological polar surface area (TPSA) is 63.6 Å². The predicted molar refractivity (Wildman–Crippen MR) is 54.6 cm³/mol. The molecule has 1 saturated carbocycles. The van der Waals surface area contributed by atoms with Crippen molar-refractivity contribution in [3.63, 3.8) is 0 Å². The lowest BCUT2D eigenvalue weighted by Gasteiger charge is -2.26. The molecule has 0 saturated heterocycles. The third-order valence-corrected chi connectivity index (χ3v) is 2.75. The van der Waals surface area contributed by atoms with Gasteiger partial charge in [-0.1, -0.05) is 0 Å². The summed E-state index contributed by atoms with van der Waals surface area (Å²) in [5.74, 6) is -0.568. The molecule has 0 aliphatic heterocycles. The molecule has 4 nitrogen and oxygen atoms in total. The summed E-state index contributed by atoms with van der Waals surface area (Å²) in [5.41, 5.74) is -0.846. The fourth-order valence-electron chi connectivity index (χ4n) is 1.47. The molecule has 0 amide bonds. The minimum Gasteiger partial charge on any atom is -0.481 e. The van der Waals surface area contributed by atoms with Crippen LogP contribution >= 0.6 is 0 Å². The van der Waals surface area contributed by atoms with E-state index >= 15 is 0 Å². The van der Waals surface area contributed by atoms with Crippen molar-refractivity contribution in [1.82, 2.24) is 0 Å². The molecule has 0 aromatic rings. The first kappa shape index (κ1) is 12.2. The van der Waals surface area contributed by atoms with Gasteiger partial charge in [-0.25, -0.2) is 0 Å². The normalized spacial score (nSPS) is 19.2. The van der Waals surface area contributed by atoms with Crippen LogP contribution in [0.3, 0.4) is 0 Å². The van der Waals surface area contributed by atoms with Gasteiger partial charge in [0.1, 0.15) is 5.78 Å². The molecule has 0 aromatic carbocycles. The van der Waals surface area contributed by atoms with Gasteiger partial charge in [-0.2, -0.15) is 0 Å². The molecular weight excluding hydrogens is 196 g/mol. The van der Waals surface area contributed by atoms with E-state index in [1.165, 1.54) is 0 Å². The SMILES string of the molecule is CC(C)(COC1CCC(=O)CC1)C(=O)O. The third-order valence-electron chi connectivity index (χ3n) is 2.75. The highest BCUT2D eigenvalue weighted by Gasteiger charge is 2.29. The van der Waals surface area contributed by atoms with Crippen LogP contribution in [0.15, 0.2) is 0 Å². The maximum Gasteiger partial charge on any atom is 0.311 e. The Morgan fingerprint density at radius 3 is 2.47 bits per heavy atom. The van der Waals surface area contributed by atoms with Crippen molar-refractivity contribution in [3.05, 3.63) is 0 Å². The maximum absolute atomic E-state index is 11.0. The Bertz CT molecular complexity index is 247. The van der Waals surface area contributed by atoms with Gasteiger partial charge in [0, 0.05) is 12.8 Å². The lowest BCUT2D eigenvalue weighted by atomic mass is 9.93. The molecule has 0 atom stereocenters. The zero-order valence-corrected chi connectivity index (χ0v) is 9.28. The minimum absolute atomic E-state index is 0.0568. The fourth-order valence-corrected chi connectivity index (χ4v) is 1.47. The second kappa shape index (κ2) is 4.75. The van der Waals surface area contributed by atoms with Gasteiger partial charge in [0.2, 0.25) is 0 Å². The number of ketones is 1. The van der Waals surface area contributed by atoms with E-state index in [0.717, 1.165) is 12.8 Å². The van der Waals surface area contributed by atoms with Crippen LogP contribution in [0.4, 0.5) is 0 Å². The number of hydrogen-bond acceptors (Lipinski definition) is 3. The molecule has 1 aliphatic rings. The van der Waals surface area contributed by atoms with E-state index in [1.807, 2.05) is 0 Å². The van der Waals surface area contributed by atoms with E-state index < -0.39 is 11.4 Å². The average Bonchev–Trinajstić information content (AvgIpc) is 2.17. The van der Waals surface area contributed by atoms with Crippen LogP contribution in [0.2, 0.25) is 0 Å². The number of ether oxygens (including phenoxy) is 1. The molecule has 15 heavy (non-hydrogen) atoms. The molecule has 1 fully saturated rings. The Kier molecular flexibility index (Phi) is 3.85. The second-order valence-corrected chi connectivity index (χ2v) is 4.74. The van der Waals surface area contributed by atoms with Crippen molar-refractivity contribution in [2.45, 2.75) is 45.6 Å². The second-order valence-electron chi connectivity index (χ2n) is 4.74. The molecule has 0 radical (unpaired) electrons. The molecule has 1 N–H and O–H groups in total. The van der Waals surface area contributed by atoms with Crippen molar-refractivity contribution in [2.24, 2.45) is 5.41 Å². The van der Waals surface area contributed by atoms with Crippen LogP contribution in [-0.4, -0.2) is 29.6 Å². The van der Waals surface area contributed by atoms with Gasteiger partial charge in [0.05, 0.1) is 18.1 Å². The van der Waals surface area contributed by atoms with Gasteiger partial charge >= 0.3 is 5.97 Å². The van der Waals surface area contributed by atoms with Gasteiger partial charge < -0.3 is 9.84 Å². The monoisotopic (exact) mass is 214 g/mol. The molecule has 0 spiro atoms. The molecule has 4 heteroatoms. The highest BCUT2D eigenvalue weighted by molar-refractivity contribution is 5.79. The van der Waals surface area contributed by atoms with Gasteiger partial charge in [-0.05, 0) is 26.7 Å². The number of rotatable bonds is 4. The Labute approximate surface area is 89.6 Å². The van der Waals surface area contributed by atoms with E-state index in [2.05, 4.69) is 0 Å². The summed E-state index contributed by atoms with van der Waals surface area (Å²) in [7, 11) is 0. The minimum atomic E-state index is -0.852. The van der Waals surface area contributed by atoms with Gasteiger partial charge in [-0.15, -0.1) is 0 Å². The van der Waals surface area contributed by atoms with Crippen LogP contribution in [0.5, 0.6) is 0 Å². The average molecular weight is 214 g/mol. The molecule has 1 aliphatic carbocycles. The van der Waals surface area contributed by atoms with E-state index in [9.17, 15) is 9.59 Å². The molecule has 86 valence electrons. The molecule has 1 rings (SSSR count). The molecule has 0 aromatic heterocycles. The number of aliphatic carboxylic acids is 1. The number of hydrogen-bond donors (Lipinski definition) is 1. The first-order chi connectivity index (χ1) is 6.92. The van der Waals surface area contributed by atoms with E-state index in [4.69, 9.17) is 9.84 Å². The summed E-state index contributed by atoms with van der Waals surface area (Å²) >= 11 is 0. The lowest BCUT2D eigenvalue weighted by molar-refractivity contribution is -0.152. The molecule has 0 unspecified atom stereocenters. The summed E-state index contributed by atoms with van der Waals surface area (Å²) < 4.78 is 5.52. The number of Topliss-reactive ketones (excluding diaryl/α,β-unsaturated/α-hetero) is 1. The smallest absolute Gasteiger partial charge is 0.311 e. The Morgan fingerprint density at radius 1 is 1.47 bits per heavy atom. The van der Waals surface area contributed by atoms with Crippen LogP contribution in [0.25, 0.3) is 0 Å². The summed E-state index contributed by atoms with van der Waals surface area (Å²) in [6.07, 6.45) is 2.65. The standard InChI is InChI=1S/C11H18O4/c1-11(2,10(13)14)7-15-9-5-3-8(12)4-6-9/h9H,3-7H2,1-2H3,(H,13,14). The Hall–Kier alpha value is -0.900. The molecule has 0 bridgehead atoms. The first-order valence-electron chi connectivity index (χ1n) is 5.28. The van der Waals surface area contributed by atoms with Gasteiger partial charge in [-0.3, -0.25) is 9.59 Å². The van der Waals surface area contributed by atoms with Crippen LogP contribution in [-0.2, 0) is 14.3 Å². The van der Waals surface area contributed by atoms with Crippen LogP contribution < -0.4 is 0 Å². The van der Waals surface area contributed by atoms with E-state index in [0.29, 0.717) is 12.8 Å². The zero-order chi connectivity index (χ0) is 11.5. The fraction of sp³-hybridized carbons (Fsp3) is 0.818. The summed E-state index contributed by atoms with van der Waals surface area (Å²) in [6.45, 7) is 3.49. The van der Waals surface area contributed by atoms with E-state index in [-0.39, 0.29) is 18.5 Å². The van der Waals surface area contributed by atoms with Crippen molar-refractivity contribution >= 4 is 11.8 Å². The first-order valence-corrected chi connectivity index (χ1v) is 5.28.